The summed E-state index contributed by atoms with van der Waals surface area (Å²) in [6.07, 6.45) is 3.93. The summed E-state index contributed by atoms with van der Waals surface area (Å²) in [5, 5.41) is 9.76. The number of nitrogen functional groups attached to an aromatic ring is 1. The van der Waals surface area contributed by atoms with E-state index >= 15 is 0 Å². The molecule has 0 radical (unpaired) electrons. The molecule has 4 nitrogen and oxygen atoms in total. The molecule has 0 saturated carbocycles. The molecule has 0 aliphatic heterocycles. The molecule has 2 N–H and O–H groups in total. The van der Waals surface area contributed by atoms with Gasteiger partial charge in [0, 0.05) is 11.3 Å². The maximum absolute atomic E-state index is 9.76. The summed E-state index contributed by atoms with van der Waals surface area (Å²) in [6, 6.07) is 10.3. The van der Waals surface area contributed by atoms with Gasteiger partial charge in [0.2, 0.25) is 0 Å². The van der Waals surface area contributed by atoms with Crippen molar-refractivity contribution < 1.29 is 4.74 Å². The van der Waals surface area contributed by atoms with Gasteiger partial charge >= 0.3 is 0 Å². The number of fused-ring (bicyclic) bond motifs is 1. The number of pyridine rings is 1. The molecule has 0 bridgehead atoms. The fourth-order valence-electron chi connectivity index (χ4n) is 3.89. The lowest BCUT2D eigenvalue weighted by Gasteiger charge is -2.35. The molecule has 1 aliphatic rings. The number of benzene rings is 1. The molecule has 1 aromatic heterocycles. The summed E-state index contributed by atoms with van der Waals surface area (Å²) in [5.74, 6) is 1.75. The third-order valence-corrected chi connectivity index (χ3v) is 5.54. The highest BCUT2D eigenvalue weighted by Crippen LogP contribution is 2.42. The molecule has 2 aromatic rings. The number of rotatable bonds is 4. The predicted octanol–water partition coefficient (Wildman–Crippen LogP) is 5.14. The molecular formula is C23H29N3O. The molecule has 142 valence electrons. The molecule has 4 heteroatoms. The van der Waals surface area contributed by atoms with Crippen molar-refractivity contribution in [2.24, 2.45) is 11.3 Å². The predicted molar refractivity (Wildman–Crippen MR) is 110 cm³/mol. The molecular weight excluding hydrogens is 334 g/mol. The Morgan fingerprint density at radius 1 is 1.26 bits per heavy atom. The second-order valence-corrected chi connectivity index (χ2v) is 8.46. The topological polar surface area (TPSA) is 71.9 Å². The van der Waals surface area contributed by atoms with E-state index in [0.29, 0.717) is 23.9 Å². The van der Waals surface area contributed by atoms with Crippen molar-refractivity contribution in [2.75, 3.05) is 12.3 Å². The Bertz CT molecular complexity index is 857. The number of nitrogens with zero attached hydrogens (tertiary/aromatic N) is 2. The molecule has 1 aliphatic carbocycles. The summed E-state index contributed by atoms with van der Waals surface area (Å²) in [7, 11) is 0. The fourth-order valence-corrected chi connectivity index (χ4v) is 3.89. The number of anilines is 1. The van der Waals surface area contributed by atoms with Crippen molar-refractivity contribution in [3.05, 3.63) is 41.1 Å². The fraction of sp³-hybridized carbons (Fsp3) is 0.478. The average molecular weight is 364 g/mol. The molecule has 0 spiro atoms. The van der Waals surface area contributed by atoms with Crippen molar-refractivity contribution >= 4 is 5.82 Å². The Labute approximate surface area is 162 Å². The molecule has 0 amide bonds. The number of hydrogen-bond acceptors (Lipinski definition) is 4. The van der Waals surface area contributed by atoms with Crippen LogP contribution in [0.1, 0.15) is 57.4 Å². The first-order chi connectivity index (χ1) is 12.8. The van der Waals surface area contributed by atoms with Gasteiger partial charge in [0.25, 0.3) is 0 Å². The Morgan fingerprint density at radius 3 is 2.56 bits per heavy atom. The van der Waals surface area contributed by atoms with Crippen LogP contribution in [0, 0.1) is 22.7 Å². The van der Waals surface area contributed by atoms with E-state index in [0.717, 1.165) is 48.3 Å². The highest BCUT2D eigenvalue weighted by molar-refractivity contribution is 5.79. The van der Waals surface area contributed by atoms with E-state index in [2.05, 4.69) is 38.7 Å². The zero-order valence-electron chi connectivity index (χ0n) is 16.8. The highest BCUT2D eigenvalue weighted by Gasteiger charge is 2.32. The first-order valence-electron chi connectivity index (χ1n) is 9.79. The molecule has 1 aromatic carbocycles. The van der Waals surface area contributed by atoms with Gasteiger partial charge in [-0.25, -0.2) is 4.98 Å². The summed E-state index contributed by atoms with van der Waals surface area (Å²) >= 11 is 0. The highest BCUT2D eigenvalue weighted by atomic mass is 16.5. The van der Waals surface area contributed by atoms with Crippen molar-refractivity contribution in [2.45, 2.75) is 53.4 Å². The number of nitriles is 1. The van der Waals surface area contributed by atoms with Gasteiger partial charge in [-0.2, -0.15) is 5.26 Å². The van der Waals surface area contributed by atoms with Gasteiger partial charge in [-0.1, -0.05) is 39.8 Å². The van der Waals surface area contributed by atoms with E-state index in [1.807, 2.05) is 24.3 Å². The molecule has 3 rings (SSSR count). The van der Waals surface area contributed by atoms with Gasteiger partial charge in [0.1, 0.15) is 23.2 Å². The standard InChI is InChI=1S/C23H29N3O/c1-5-12-27-17-9-6-15(7-10-17)21-18-13-16(23(2,3)4)8-11-20(18)26-22(25)19(21)14-24/h6-7,9-10,16H,5,8,11-13H2,1-4H3,(H2,25,26). The molecule has 1 unspecified atom stereocenters. The number of nitrogens with two attached hydrogens (primary N) is 1. The van der Waals surface area contributed by atoms with Crippen LogP contribution < -0.4 is 10.5 Å². The minimum absolute atomic E-state index is 0.223. The van der Waals surface area contributed by atoms with Crippen LogP contribution in [0.25, 0.3) is 11.1 Å². The van der Waals surface area contributed by atoms with Gasteiger partial charge in [0.05, 0.1) is 6.61 Å². The van der Waals surface area contributed by atoms with E-state index in [-0.39, 0.29) is 5.41 Å². The second kappa shape index (κ2) is 7.60. The lowest BCUT2D eigenvalue weighted by atomic mass is 9.70. The Balaban J connectivity index is 2.09. The first-order valence-corrected chi connectivity index (χ1v) is 9.79. The van der Waals surface area contributed by atoms with Crippen molar-refractivity contribution in [3.63, 3.8) is 0 Å². The summed E-state index contributed by atoms with van der Waals surface area (Å²) in [5.41, 5.74) is 11.1. The Kier molecular flexibility index (Phi) is 5.41. The van der Waals surface area contributed by atoms with Gasteiger partial charge in [-0.05, 0) is 60.3 Å². The second-order valence-electron chi connectivity index (χ2n) is 8.46. The van der Waals surface area contributed by atoms with Crippen LogP contribution in [0.3, 0.4) is 0 Å². The number of aryl methyl sites for hydroxylation is 1. The third-order valence-electron chi connectivity index (χ3n) is 5.54. The minimum Gasteiger partial charge on any atom is -0.494 e. The minimum atomic E-state index is 0.223. The third kappa shape index (κ3) is 3.93. The summed E-state index contributed by atoms with van der Waals surface area (Å²) in [6.45, 7) is 9.66. The van der Waals surface area contributed by atoms with Crippen molar-refractivity contribution in [1.29, 1.82) is 5.26 Å². The molecule has 0 fully saturated rings. The molecule has 0 saturated heterocycles. The monoisotopic (exact) mass is 363 g/mol. The normalized spacial score (nSPS) is 16.5. The van der Waals surface area contributed by atoms with Crippen LogP contribution in [0.15, 0.2) is 24.3 Å². The van der Waals surface area contributed by atoms with Crippen LogP contribution in [-0.2, 0) is 12.8 Å². The van der Waals surface area contributed by atoms with Crippen LogP contribution >= 0.6 is 0 Å². The number of aromatic nitrogens is 1. The average Bonchev–Trinajstić information content (AvgIpc) is 2.64. The van der Waals surface area contributed by atoms with Gasteiger partial charge in [-0.15, -0.1) is 0 Å². The van der Waals surface area contributed by atoms with Gasteiger partial charge in [-0.3, -0.25) is 0 Å². The maximum atomic E-state index is 9.76. The van der Waals surface area contributed by atoms with Crippen LogP contribution in [-0.4, -0.2) is 11.6 Å². The molecule has 1 atom stereocenters. The lowest BCUT2D eigenvalue weighted by molar-refractivity contribution is 0.215. The van der Waals surface area contributed by atoms with Gasteiger partial charge < -0.3 is 10.5 Å². The van der Waals surface area contributed by atoms with E-state index < -0.39 is 0 Å². The quantitative estimate of drug-likeness (QED) is 0.816. The zero-order valence-corrected chi connectivity index (χ0v) is 16.8. The largest absolute Gasteiger partial charge is 0.494 e. The van der Waals surface area contributed by atoms with Crippen LogP contribution in [0.2, 0.25) is 0 Å². The van der Waals surface area contributed by atoms with Crippen LogP contribution in [0.5, 0.6) is 5.75 Å². The van der Waals surface area contributed by atoms with Crippen molar-refractivity contribution in [1.82, 2.24) is 4.98 Å². The maximum Gasteiger partial charge on any atom is 0.142 e. The Hall–Kier alpha value is -2.54. The molecule has 1 heterocycles. The summed E-state index contributed by atoms with van der Waals surface area (Å²) in [4.78, 5) is 4.58. The Morgan fingerprint density at radius 2 is 1.96 bits per heavy atom. The van der Waals surface area contributed by atoms with E-state index in [9.17, 15) is 5.26 Å². The number of hydrogen-bond donors (Lipinski definition) is 1. The SMILES string of the molecule is CCCOc1ccc(-c2c(C#N)c(N)nc3c2CC(C(C)(C)C)CC3)cc1. The summed E-state index contributed by atoms with van der Waals surface area (Å²) < 4.78 is 5.70. The lowest BCUT2D eigenvalue weighted by Crippen LogP contribution is -2.28. The molecule has 27 heavy (non-hydrogen) atoms. The van der Waals surface area contributed by atoms with Crippen LogP contribution in [0.4, 0.5) is 5.82 Å². The first kappa shape index (κ1) is 19.2. The zero-order chi connectivity index (χ0) is 19.6. The smallest absolute Gasteiger partial charge is 0.142 e. The number of ether oxygens (including phenoxy) is 1. The van der Waals surface area contributed by atoms with E-state index in [1.165, 1.54) is 5.56 Å². The van der Waals surface area contributed by atoms with E-state index in [1.54, 1.807) is 0 Å². The van der Waals surface area contributed by atoms with E-state index in [4.69, 9.17) is 10.5 Å². The van der Waals surface area contributed by atoms with Gasteiger partial charge in [0.15, 0.2) is 0 Å². The van der Waals surface area contributed by atoms with Crippen molar-refractivity contribution in [3.8, 4) is 22.9 Å².